The second-order valence-electron chi connectivity index (χ2n) is 7.67. The van der Waals surface area contributed by atoms with Crippen LogP contribution in [0.25, 0.3) is 11.4 Å². The van der Waals surface area contributed by atoms with Gasteiger partial charge in [-0.25, -0.2) is 12.8 Å². The van der Waals surface area contributed by atoms with Crippen LogP contribution >= 0.6 is 11.3 Å². The molecule has 1 unspecified atom stereocenters. The maximum Gasteiger partial charge on any atom is 0.252 e. The summed E-state index contributed by atoms with van der Waals surface area (Å²) < 4.78 is 46.4. The number of carbonyl (C=O) groups excluding carboxylic acids is 1. The SMILES string of the molecule is CCc1nc(-c2csc(S(=O)(=O)N3CCCC(C(=O)Nc4ccc(F)cc4C)C3)c2)no1. The zero-order valence-electron chi connectivity index (χ0n) is 17.7. The number of aryl methyl sites for hydroxylation is 2. The Morgan fingerprint density at radius 3 is 2.91 bits per heavy atom. The molecule has 2 aromatic heterocycles. The van der Waals surface area contributed by atoms with E-state index < -0.39 is 15.9 Å². The zero-order valence-corrected chi connectivity index (χ0v) is 19.3. The van der Waals surface area contributed by atoms with Crippen LogP contribution < -0.4 is 5.32 Å². The molecule has 1 atom stereocenters. The van der Waals surface area contributed by atoms with E-state index in [1.54, 1.807) is 12.3 Å². The van der Waals surface area contributed by atoms with Gasteiger partial charge < -0.3 is 9.84 Å². The maximum absolute atomic E-state index is 13.3. The molecule has 1 aliphatic rings. The van der Waals surface area contributed by atoms with Crippen molar-refractivity contribution in [3.05, 3.63) is 46.9 Å². The highest BCUT2D eigenvalue weighted by molar-refractivity contribution is 7.91. The predicted molar refractivity (Wildman–Crippen MR) is 118 cm³/mol. The number of aromatic nitrogens is 2. The highest BCUT2D eigenvalue weighted by Crippen LogP contribution is 2.31. The third kappa shape index (κ3) is 4.59. The molecule has 0 saturated carbocycles. The molecule has 170 valence electrons. The molecule has 4 rings (SSSR count). The van der Waals surface area contributed by atoms with E-state index >= 15 is 0 Å². The average Bonchev–Trinajstić information content (AvgIpc) is 3.45. The number of halogens is 1. The van der Waals surface area contributed by atoms with Crippen molar-refractivity contribution in [1.82, 2.24) is 14.4 Å². The third-order valence-electron chi connectivity index (χ3n) is 5.40. The van der Waals surface area contributed by atoms with Crippen molar-refractivity contribution in [1.29, 1.82) is 0 Å². The highest BCUT2D eigenvalue weighted by Gasteiger charge is 2.34. The van der Waals surface area contributed by atoms with Gasteiger partial charge in [0.2, 0.25) is 17.6 Å². The average molecular weight is 479 g/mol. The Hall–Kier alpha value is -2.63. The number of piperidine rings is 1. The standard InChI is InChI=1S/C21H23FN4O4S2/c1-3-18-24-20(25-30-18)15-10-19(31-12-15)32(28,29)26-8-4-5-14(11-26)21(27)23-17-7-6-16(22)9-13(17)2/h6-7,9-10,12,14H,3-5,8,11H2,1-2H3,(H,23,27). The summed E-state index contributed by atoms with van der Waals surface area (Å²) in [5, 5.41) is 8.37. The number of hydrogen-bond acceptors (Lipinski definition) is 7. The minimum Gasteiger partial charge on any atom is -0.339 e. The first-order valence-electron chi connectivity index (χ1n) is 10.3. The molecular weight excluding hydrogens is 455 g/mol. The molecule has 1 aliphatic heterocycles. The first kappa shape index (κ1) is 22.6. The Kier molecular flexibility index (Phi) is 6.40. The number of nitrogens with zero attached hydrogens (tertiary/aromatic N) is 3. The van der Waals surface area contributed by atoms with E-state index in [0.29, 0.717) is 54.3 Å². The molecule has 1 amide bonds. The largest absolute Gasteiger partial charge is 0.339 e. The van der Waals surface area contributed by atoms with Gasteiger partial charge >= 0.3 is 0 Å². The Bertz CT molecular complexity index is 1240. The van der Waals surface area contributed by atoms with E-state index in [4.69, 9.17) is 4.52 Å². The molecule has 32 heavy (non-hydrogen) atoms. The second-order valence-corrected chi connectivity index (χ2v) is 10.7. The van der Waals surface area contributed by atoms with E-state index in [9.17, 15) is 17.6 Å². The second kappa shape index (κ2) is 9.08. The number of anilines is 1. The number of nitrogens with one attached hydrogen (secondary N) is 1. The lowest BCUT2D eigenvalue weighted by Gasteiger charge is -2.30. The summed E-state index contributed by atoms with van der Waals surface area (Å²) in [5.41, 5.74) is 1.71. The molecule has 0 radical (unpaired) electrons. The van der Waals surface area contributed by atoms with Gasteiger partial charge in [-0.1, -0.05) is 12.1 Å². The highest BCUT2D eigenvalue weighted by atomic mass is 32.2. The Morgan fingerprint density at radius 2 is 2.19 bits per heavy atom. The zero-order chi connectivity index (χ0) is 22.9. The van der Waals surface area contributed by atoms with Crippen LogP contribution in [0.3, 0.4) is 0 Å². The first-order chi connectivity index (χ1) is 15.3. The fourth-order valence-electron chi connectivity index (χ4n) is 3.59. The summed E-state index contributed by atoms with van der Waals surface area (Å²) in [4.78, 5) is 17.0. The molecule has 0 aliphatic carbocycles. The molecule has 1 aromatic carbocycles. The van der Waals surface area contributed by atoms with Crippen molar-refractivity contribution < 1.29 is 22.1 Å². The summed E-state index contributed by atoms with van der Waals surface area (Å²) in [7, 11) is -3.76. The predicted octanol–water partition coefficient (Wildman–Crippen LogP) is 3.85. The lowest BCUT2D eigenvalue weighted by Crippen LogP contribution is -2.43. The molecule has 1 N–H and O–H groups in total. The Morgan fingerprint density at radius 1 is 1.38 bits per heavy atom. The van der Waals surface area contributed by atoms with Crippen LogP contribution in [-0.4, -0.2) is 41.9 Å². The van der Waals surface area contributed by atoms with Crippen molar-refractivity contribution >= 4 is 33.0 Å². The topological polar surface area (TPSA) is 105 Å². The fourth-order valence-corrected chi connectivity index (χ4v) is 6.42. The number of thiophene rings is 1. The number of hydrogen-bond donors (Lipinski definition) is 1. The number of sulfonamides is 1. The third-order valence-corrected chi connectivity index (χ3v) is 8.68. The van der Waals surface area contributed by atoms with Gasteiger partial charge in [0.15, 0.2) is 0 Å². The summed E-state index contributed by atoms with van der Waals surface area (Å²) in [5.74, 6) is -0.309. The van der Waals surface area contributed by atoms with E-state index in [1.165, 1.54) is 28.6 Å². The summed E-state index contributed by atoms with van der Waals surface area (Å²) in [6.45, 7) is 4.03. The van der Waals surface area contributed by atoms with Gasteiger partial charge in [0.05, 0.1) is 5.92 Å². The van der Waals surface area contributed by atoms with Crippen LogP contribution in [0, 0.1) is 18.7 Å². The molecule has 3 heterocycles. The van der Waals surface area contributed by atoms with Crippen molar-refractivity contribution in [2.24, 2.45) is 5.92 Å². The van der Waals surface area contributed by atoms with Gasteiger partial charge in [-0.05, 0) is 49.6 Å². The lowest BCUT2D eigenvalue weighted by atomic mass is 9.98. The minimum atomic E-state index is -3.76. The number of rotatable bonds is 6. The summed E-state index contributed by atoms with van der Waals surface area (Å²) in [6, 6.07) is 5.67. The molecule has 0 bridgehead atoms. The maximum atomic E-state index is 13.3. The van der Waals surface area contributed by atoms with E-state index in [2.05, 4.69) is 15.5 Å². The van der Waals surface area contributed by atoms with Gasteiger partial charge in [0.25, 0.3) is 10.0 Å². The minimum absolute atomic E-state index is 0.0871. The van der Waals surface area contributed by atoms with Crippen molar-refractivity contribution in [3.63, 3.8) is 0 Å². The smallest absolute Gasteiger partial charge is 0.252 e. The van der Waals surface area contributed by atoms with Crippen molar-refractivity contribution in [3.8, 4) is 11.4 Å². The van der Waals surface area contributed by atoms with Crippen molar-refractivity contribution in [2.45, 2.75) is 37.3 Å². The van der Waals surface area contributed by atoms with Gasteiger partial charge in [-0.15, -0.1) is 11.3 Å². The molecule has 1 fully saturated rings. The monoisotopic (exact) mass is 478 g/mol. The molecule has 11 heteroatoms. The normalized spacial score (nSPS) is 17.4. The first-order valence-corrected chi connectivity index (χ1v) is 12.6. The van der Waals surface area contributed by atoms with Crippen LogP contribution in [0.4, 0.5) is 10.1 Å². The number of amides is 1. The van der Waals surface area contributed by atoms with E-state index in [-0.39, 0.29) is 22.5 Å². The molecule has 8 nitrogen and oxygen atoms in total. The molecule has 3 aromatic rings. The van der Waals surface area contributed by atoms with Crippen LogP contribution in [0.1, 0.15) is 31.2 Å². The van der Waals surface area contributed by atoms with Crippen LogP contribution in [0.2, 0.25) is 0 Å². The van der Waals surface area contributed by atoms with Gasteiger partial charge in [-0.2, -0.15) is 9.29 Å². The summed E-state index contributed by atoms with van der Waals surface area (Å²) >= 11 is 1.09. The van der Waals surface area contributed by atoms with E-state index in [1.807, 2.05) is 6.92 Å². The van der Waals surface area contributed by atoms with Crippen molar-refractivity contribution in [2.75, 3.05) is 18.4 Å². The Labute approximate surface area is 189 Å². The quantitative estimate of drug-likeness (QED) is 0.577. The fraction of sp³-hybridized carbons (Fsp3) is 0.381. The molecule has 1 saturated heterocycles. The van der Waals surface area contributed by atoms with Gasteiger partial charge in [0, 0.05) is 36.1 Å². The van der Waals surface area contributed by atoms with Crippen LogP contribution in [0.15, 0.2) is 38.4 Å². The molecular formula is C21H23FN4O4S2. The Balaban J connectivity index is 1.48. The van der Waals surface area contributed by atoms with Crippen LogP contribution in [0.5, 0.6) is 0 Å². The van der Waals surface area contributed by atoms with Crippen LogP contribution in [-0.2, 0) is 21.2 Å². The number of benzene rings is 1. The lowest BCUT2D eigenvalue weighted by molar-refractivity contribution is -0.120. The summed E-state index contributed by atoms with van der Waals surface area (Å²) in [6.07, 6.45) is 1.75. The van der Waals surface area contributed by atoms with Gasteiger partial charge in [-0.3, -0.25) is 4.79 Å². The van der Waals surface area contributed by atoms with Gasteiger partial charge in [0.1, 0.15) is 10.0 Å². The van der Waals surface area contributed by atoms with E-state index in [0.717, 1.165) is 11.3 Å². The number of carbonyl (C=O) groups is 1. The molecule has 0 spiro atoms.